The van der Waals surface area contributed by atoms with E-state index in [1.807, 2.05) is 0 Å². The van der Waals surface area contributed by atoms with E-state index in [9.17, 15) is 9.90 Å². The van der Waals surface area contributed by atoms with Crippen LogP contribution in [0.5, 0.6) is 0 Å². The number of hydrogen-bond donors (Lipinski definition) is 1. The van der Waals surface area contributed by atoms with Gasteiger partial charge in [-0.25, -0.2) is 0 Å². The van der Waals surface area contributed by atoms with Crippen molar-refractivity contribution in [1.82, 2.24) is 0 Å². The van der Waals surface area contributed by atoms with Crippen LogP contribution in [0.4, 0.5) is 0 Å². The minimum absolute atomic E-state index is 0.151. The minimum atomic E-state index is -0.151. The molecule has 0 aromatic carbocycles. The van der Waals surface area contributed by atoms with Crippen molar-refractivity contribution in [2.24, 2.45) is 5.92 Å². The molecule has 0 aromatic heterocycles. The van der Waals surface area contributed by atoms with Crippen LogP contribution in [0.1, 0.15) is 57.8 Å². The second kappa shape index (κ2) is 6.89. The molecule has 2 rings (SSSR count). The molecule has 2 unspecified atom stereocenters. The van der Waals surface area contributed by atoms with Gasteiger partial charge in [0.25, 0.3) is 0 Å². The van der Waals surface area contributed by atoms with Crippen molar-refractivity contribution in [1.29, 1.82) is 0 Å². The fourth-order valence-corrected chi connectivity index (χ4v) is 2.96. The molecule has 0 amide bonds. The van der Waals surface area contributed by atoms with E-state index in [0.29, 0.717) is 24.5 Å². The maximum atomic E-state index is 11.8. The Hall–Kier alpha value is -0.890. The molecule has 1 N–H and O–H groups in total. The van der Waals surface area contributed by atoms with Crippen LogP contribution in [0.3, 0.4) is 0 Å². The zero-order valence-electron chi connectivity index (χ0n) is 11.1. The second-order valence-corrected chi connectivity index (χ2v) is 5.59. The largest absolute Gasteiger partial charge is 0.393 e. The zero-order valence-corrected chi connectivity index (χ0v) is 11.1. The Morgan fingerprint density at radius 3 is 2.83 bits per heavy atom. The Morgan fingerprint density at radius 2 is 2.17 bits per heavy atom. The van der Waals surface area contributed by atoms with Crippen LogP contribution < -0.4 is 0 Å². The Balaban J connectivity index is 1.63. The van der Waals surface area contributed by atoms with Crippen molar-refractivity contribution in [3.63, 3.8) is 0 Å². The van der Waals surface area contributed by atoms with Crippen LogP contribution >= 0.6 is 0 Å². The smallest absolute Gasteiger partial charge is 0.133 e. The molecule has 100 valence electrons. The third kappa shape index (κ3) is 4.09. The van der Waals surface area contributed by atoms with Gasteiger partial charge < -0.3 is 5.11 Å². The van der Waals surface area contributed by atoms with Gasteiger partial charge in [-0.3, -0.25) is 4.79 Å². The van der Waals surface area contributed by atoms with Gasteiger partial charge in [-0.1, -0.05) is 30.2 Å². The van der Waals surface area contributed by atoms with Gasteiger partial charge in [0.05, 0.1) is 6.10 Å². The molecule has 0 aliphatic heterocycles. The van der Waals surface area contributed by atoms with Crippen molar-refractivity contribution in [2.45, 2.75) is 63.9 Å². The second-order valence-electron chi connectivity index (χ2n) is 5.59. The van der Waals surface area contributed by atoms with Crippen molar-refractivity contribution < 1.29 is 9.90 Å². The van der Waals surface area contributed by atoms with Crippen LogP contribution in [-0.2, 0) is 4.79 Å². The molecule has 0 heterocycles. The first-order chi connectivity index (χ1) is 8.75. The molecule has 0 radical (unpaired) electrons. The first kappa shape index (κ1) is 13.5. The third-order valence-electron chi connectivity index (χ3n) is 4.18. The minimum Gasteiger partial charge on any atom is -0.393 e. The van der Waals surface area contributed by atoms with Gasteiger partial charge in [-0.15, -0.1) is 0 Å². The first-order valence-electron chi connectivity index (χ1n) is 7.31. The maximum Gasteiger partial charge on any atom is 0.133 e. The number of aliphatic hydroxyl groups excluding tert-OH is 1. The highest BCUT2D eigenvalue weighted by molar-refractivity contribution is 5.78. The fourth-order valence-electron chi connectivity index (χ4n) is 2.96. The molecule has 18 heavy (non-hydrogen) atoms. The number of rotatable bonds is 6. The van der Waals surface area contributed by atoms with Crippen LogP contribution in [0.15, 0.2) is 23.8 Å². The summed E-state index contributed by atoms with van der Waals surface area (Å²) >= 11 is 0. The molecule has 0 spiro atoms. The predicted molar refractivity (Wildman–Crippen MR) is 73.3 cm³/mol. The molecule has 2 nitrogen and oxygen atoms in total. The quantitative estimate of drug-likeness (QED) is 0.780. The molecular weight excluding hydrogens is 224 g/mol. The Morgan fingerprint density at radius 1 is 1.28 bits per heavy atom. The third-order valence-corrected chi connectivity index (χ3v) is 4.18. The Bertz CT molecular complexity index is 341. The van der Waals surface area contributed by atoms with E-state index < -0.39 is 0 Å². The van der Waals surface area contributed by atoms with Crippen molar-refractivity contribution in [2.75, 3.05) is 0 Å². The van der Waals surface area contributed by atoms with Crippen molar-refractivity contribution >= 4 is 5.78 Å². The molecule has 1 saturated carbocycles. The van der Waals surface area contributed by atoms with E-state index in [0.717, 1.165) is 44.9 Å². The highest BCUT2D eigenvalue weighted by atomic mass is 16.3. The summed E-state index contributed by atoms with van der Waals surface area (Å²) in [6.45, 7) is 0. The predicted octanol–water partition coefficient (Wildman–Crippen LogP) is 3.55. The Kier molecular flexibility index (Phi) is 5.18. The lowest BCUT2D eigenvalue weighted by atomic mass is 9.95. The van der Waals surface area contributed by atoms with E-state index in [1.165, 1.54) is 5.57 Å². The van der Waals surface area contributed by atoms with Gasteiger partial charge in [0.2, 0.25) is 0 Å². The normalized spacial score (nSPS) is 27.3. The molecule has 2 atom stereocenters. The number of allylic oxidation sites excluding steroid dienone is 4. The summed E-state index contributed by atoms with van der Waals surface area (Å²) in [4.78, 5) is 11.8. The monoisotopic (exact) mass is 248 g/mol. The number of ketones is 1. The van der Waals surface area contributed by atoms with E-state index >= 15 is 0 Å². The summed E-state index contributed by atoms with van der Waals surface area (Å²) in [6, 6.07) is 0. The van der Waals surface area contributed by atoms with Crippen LogP contribution in [0, 0.1) is 5.92 Å². The van der Waals surface area contributed by atoms with E-state index in [1.54, 1.807) is 0 Å². The molecule has 2 aliphatic carbocycles. The summed E-state index contributed by atoms with van der Waals surface area (Å²) in [5, 5.41) is 9.71. The first-order valence-corrected chi connectivity index (χ1v) is 7.31. The van der Waals surface area contributed by atoms with Crippen molar-refractivity contribution in [3.05, 3.63) is 23.8 Å². The lowest BCUT2D eigenvalue weighted by Gasteiger charge is -2.13. The molecular formula is C16H24O2. The highest BCUT2D eigenvalue weighted by Gasteiger charge is 2.25. The van der Waals surface area contributed by atoms with Gasteiger partial charge in [0.1, 0.15) is 5.78 Å². The van der Waals surface area contributed by atoms with E-state index in [2.05, 4.69) is 18.2 Å². The summed E-state index contributed by atoms with van der Waals surface area (Å²) in [5.74, 6) is 0.733. The Labute approximate surface area is 110 Å². The van der Waals surface area contributed by atoms with Crippen molar-refractivity contribution in [3.8, 4) is 0 Å². The summed E-state index contributed by atoms with van der Waals surface area (Å²) in [7, 11) is 0. The number of hydrogen-bond acceptors (Lipinski definition) is 2. The maximum absolute atomic E-state index is 11.8. The zero-order chi connectivity index (χ0) is 12.8. The van der Waals surface area contributed by atoms with Gasteiger partial charge in [-0.2, -0.15) is 0 Å². The van der Waals surface area contributed by atoms with Gasteiger partial charge in [-0.05, 0) is 44.4 Å². The average molecular weight is 248 g/mol. The summed E-state index contributed by atoms with van der Waals surface area (Å²) < 4.78 is 0. The molecule has 2 aliphatic rings. The lowest BCUT2D eigenvalue weighted by molar-refractivity contribution is -0.119. The topological polar surface area (TPSA) is 37.3 Å². The van der Waals surface area contributed by atoms with Crippen LogP contribution in [-0.4, -0.2) is 17.0 Å². The molecule has 0 aromatic rings. The highest BCUT2D eigenvalue weighted by Crippen LogP contribution is 2.29. The summed E-state index contributed by atoms with van der Waals surface area (Å²) in [5.41, 5.74) is 1.32. The standard InChI is InChI=1S/C16H24O2/c17-15(11-9-13-5-2-1-3-6-13)12-10-14-7-4-8-16(14)18/h2,5-6,14,16,18H,1,3-4,7-12H2. The summed E-state index contributed by atoms with van der Waals surface area (Å²) in [6.07, 6.45) is 14.9. The van der Waals surface area contributed by atoms with E-state index in [4.69, 9.17) is 0 Å². The fraction of sp³-hybridized carbons (Fsp3) is 0.688. The van der Waals surface area contributed by atoms with Crippen LogP contribution in [0.2, 0.25) is 0 Å². The number of carbonyl (C=O) groups is 1. The number of Topliss-reactive ketones (excluding diaryl/α,β-unsaturated/α-hetero) is 1. The van der Waals surface area contributed by atoms with E-state index in [-0.39, 0.29) is 6.10 Å². The van der Waals surface area contributed by atoms with Gasteiger partial charge in [0, 0.05) is 12.8 Å². The SMILES string of the molecule is O=C(CCC1=CCCC=C1)CCC1CCCC1O. The number of carbonyl (C=O) groups excluding carboxylic acids is 1. The number of aliphatic hydroxyl groups is 1. The molecule has 0 bridgehead atoms. The molecule has 1 fully saturated rings. The van der Waals surface area contributed by atoms with Gasteiger partial charge in [0.15, 0.2) is 0 Å². The molecule has 0 saturated heterocycles. The van der Waals surface area contributed by atoms with Gasteiger partial charge >= 0.3 is 0 Å². The van der Waals surface area contributed by atoms with Crippen LogP contribution in [0.25, 0.3) is 0 Å². The molecule has 2 heteroatoms. The lowest BCUT2D eigenvalue weighted by Crippen LogP contribution is -2.14. The average Bonchev–Trinajstić information content (AvgIpc) is 2.81.